The Balaban J connectivity index is 0.712. The van der Waals surface area contributed by atoms with E-state index < -0.39 is 0 Å². The molecule has 0 N–H and O–H groups in total. The number of nitrogens with zero attached hydrogens (tertiary/aromatic N) is 2. The van der Waals surface area contributed by atoms with Gasteiger partial charge in [0.15, 0.2) is 11.5 Å². The third-order valence-corrected chi connectivity index (χ3v) is 17.1. The molecule has 0 unspecified atom stereocenters. The van der Waals surface area contributed by atoms with Crippen molar-refractivity contribution in [2.75, 3.05) is 9.80 Å². The van der Waals surface area contributed by atoms with Crippen molar-refractivity contribution in [2.24, 2.45) is 0 Å². The van der Waals surface area contributed by atoms with Crippen LogP contribution in [0.25, 0.3) is 33.4 Å². The van der Waals surface area contributed by atoms with Gasteiger partial charge in [0.1, 0.15) is 46.0 Å². The van der Waals surface area contributed by atoms with E-state index in [9.17, 15) is 0 Å². The zero-order valence-corrected chi connectivity index (χ0v) is 45.3. The molecule has 0 fully saturated rings. The number of para-hydroxylation sites is 8. The number of hydrogen-bond acceptors (Lipinski definition) is 7. The van der Waals surface area contributed by atoms with Crippen LogP contribution in [0.15, 0.2) is 255 Å². The molecule has 0 amide bonds. The number of rotatable bonds is 7. The Bertz CT molecular complexity index is 4560. The van der Waals surface area contributed by atoms with Gasteiger partial charge in [0, 0.05) is 33.7 Å². The monoisotopic (exact) mass is 1070 g/mol. The summed E-state index contributed by atoms with van der Waals surface area (Å²) in [6.07, 6.45) is 0. The fraction of sp³-hybridized carbons (Fsp3) is 0.0270. The molecule has 12 aromatic rings. The topological polar surface area (TPSA) is 52.6 Å². The lowest BCUT2D eigenvalue weighted by Crippen LogP contribution is -2.57. The Morgan fingerprint density at radius 2 is 0.771 bits per heavy atom. The molecule has 0 radical (unpaired) electrons. The van der Waals surface area contributed by atoms with Crippen molar-refractivity contribution in [2.45, 2.75) is 13.8 Å². The number of benzene rings is 12. The first-order valence-electron chi connectivity index (χ1n) is 28.3. The van der Waals surface area contributed by atoms with E-state index in [4.69, 9.17) is 23.7 Å². The first-order chi connectivity index (χ1) is 40.9. The van der Waals surface area contributed by atoms with Crippen LogP contribution >= 0.6 is 0 Å². The van der Waals surface area contributed by atoms with Crippen LogP contribution in [0.2, 0.25) is 0 Å². The van der Waals surface area contributed by atoms with E-state index in [2.05, 4.69) is 242 Å². The number of hydrogen-bond donors (Lipinski definition) is 0. The van der Waals surface area contributed by atoms with Crippen molar-refractivity contribution in [1.29, 1.82) is 0 Å². The Labute approximate surface area is 481 Å². The van der Waals surface area contributed by atoms with E-state index in [1.54, 1.807) is 0 Å². The molecule has 0 aliphatic carbocycles. The predicted octanol–water partition coefficient (Wildman–Crippen LogP) is 15.8. The molecular weight excluding hydrogens is 1020 g/mol. The number of aryl methyl sites for hydroxylation is 2. The highest BCUT2D eigenvalue weighted by molar-refractivity contribution is 6.99. The fourth-order valence-electron chi connectivity index (χ4n) is 13.4. The molecule has 0 aromatic heterocycles. The molecule has 5 heterocycles. The van der Waals surface area contributed by atoms with Crippen LogP contribution in [0.4, 0.5) is 34.1 Å². The third-order valence-electron chi connectivity index (χ3n) is 17.1. The minimum absolute atomic E-state index is 0.0251. The van der Waals surface area contributed by atoms with Gasteiger partial charge in [-0.05, 0) is 202 Å². The molecule has 0 spiro atoms. The maximum absolute atomic E-state index is 7.01. The van der Waals surface area contributed by atoms with E-state index in [0.717, 1.165) is 169 Å². The second-order valence-corrected chi connectivity index (χ2v) is 22.0. The highest BCUT2D eigenvalue weighted by atomic mass is 16.5. The van der Waals surface area contributed by atoms with Crippen molar-refractivity contribution in [3.63, 3.8) is 0 Å². The van der Waals surface area contributed by atoms with Gasteiger partial charge in [-0.2, -0.15) is 0 Å². The molecular formula is C74H48B2N2O5. The van der Waals surface area contributed by atoms with Gasteiger partial charge in [0.25, 0.3) is 13.4 Å². The third kappa shape index (κ3) is 7.54. The maximum atomic E-state index is 7.01. The van der Waals surface area contributed by atoms with Crippen LogP contribution < -0.4 is 66.3 Å². The fourth-order valence-corrected chi connectivity index (χ4v) is 13.4. The minimum atomic E-state index is -0.113. The molecule has 0 bridgehead atoms. The molecule has 9 heteroatoms. The molecule has 0 saturated carbocycles. The summed E-state index contributed by atoms with van der Waals surface area (Å²) in [6.45, 7) is 4.29. The summed E-state index contributed by atoms with van der Waals surface area (Å²) in [5, 5.41) is 0. The quantitative estimate of drug-likeness (QED) is 0.147. The second-order valence-electron chi connectivity index (χ2n) is 22.0. The summed E-state index contributed by atoms with van der Waals surface area (Å²) in [4.78, 5) is 4.64. The van der Waals surface area contributed by atoms with E-state index in [1.165, 1.54) is 0 Å². The Hall–Kier alpha value is -10.6. The van der Waals surface area contributed by atoms with Gasteiger partial charge >= 0.3 is 0 Å². The second kappa shape index (κ2) is 18.5. The smallest absolute Gasteiger partial charge is 0.260 e. The largest absolute Gasteiger partial charge is 0.458 e. The first kappa shape index (κ1) is 47.2. The van der Waals surface area contributed by atoms with Crippen LogP contribution in [-0.2, 0) is 0 Å². The first-order valence-corrected chi connectivity index (χ1v) is 28.3. The zero-order chi connectivity index (χ0) is 54.9. The molecule has 0 saturated heterocycles. The molecule has 12 aromatic carbocycles. The van der Waals surface area contributed by atoms with Crippen molar-refractivity contribution in [3.05, 3.63) is 266 Å². The van der Waals surface area contributed by atoms with Gasteiger partial charge in [-0.25, -0.2) is 0 Å². The van der Waals surface area contributed by atoms with E-state index in [-0.39, 0.29) is 13.4 Å². The summed E-state index contributed by atoms with van der Waals surface area (Å²) >= 11 is 0. The normalized spacial score (nSPS) is 13.1. The van der Waals surface area contributed by atoms with Crippen LogP contribution in [0.5, 0.6) is 57.5 Å². The number of ether oxygens (including phenoxy) is 5. The molecule has 83 heavy (non-hydrogen) atoms. The van der Waals surface area contributed by atoms with Crippen LogP contribution in [0, 0.1) is 13.8 Å². The molecule has 5 aliphatic heterocycles. The Morgan fingerprint density at radius 3 is 1.36 bits per heavy atom. The summed E-state index contributed by atoms with van der Waals surface area (Å²) in [7, 11) is 0. The number of anilines is 6. The lowest BCUT2D eigenvalue weighted by molar-refractivity contribution is 0.464. The van der Waals surface area contributed by atoms with E-state index in [0.29, 0.717) is 0 Å². The summed E-state index contributed by atoms with van der Waals surface area (Å²) in [5.41, 5.74) is 21.5. The lowest BCUT2D eigenvalue weighted by atomic mass is 9.34. The molecule has 390 valence electrons. The summed E-state index contributed by atoms with van der Waals surface area (Å²) in [5.74, 6) is 8.32. The van der Waals surface area contributed by atoms with Gasteiger partial charge < -0.3 is 33.5 Å². The number of fused-ring (bicyclic) bond motifs is 10. The van der Waals surface area contributed by atoms with E-state index >= 15 is 0 Å². The van der Waals surface area contributed by atoms with Gasteiger partial charge in [0.05, 0.1) is 11.4 Å². The molecule has 7 nitrogen and oxygen atoms in total. The van der Waals surface area contributed by atoms with Gasteiger partial charge in [-0.15, -0.1) is 0 Å². The lowest BCUT2D eigenvalue weighted by Gasteiger charge is -2.34. The standard InChI is InChI=1S/C74H48B2N2O5/c1-45-38-54(78-61-24-9-14-29-67(61)83-68-30-15-10-25-62(68)78)33-34-55(45)51-43-71-74-72(44-51)82-66-36-32-49(40-59(66)76(74)58-23-8-13-28-65(58)81-71)47-17-16-20-53(39-47)77(52-18-4-3-5-19-52)60-35-31-48(37-46(60)2)50-41-69-73-70(42-50)80-64-27-12-7-22-57(64)75(73)56-21-6-11-26-63(56)79-69/h3-44H,1-2H3. The van der Waals surface area contributed by atoms with Crippen LogP contribution in [-0.4, -0.2) is 13.4 Å². The van der Waals surface area contributed by atoms with Crippen molar-refractivity contribution in [1.82, 2.24) is 0 Å². The van der Waals surface area contributed by atoms with Crippen LogP contribution in [0.3, 0.4) is 0 Å². The average molecular weight is 1070 g/mol. The molecule has 17 rings (SSSR count). The van der Waals surface area contributed by atoms with E-state index in [1.807, 2.05) is 36.4 Å². The zero-order valence-electron chi connectivity index (χ0n) is 45.3. The maximum Gasteiger partial charge on any atom is 0.260 e. The SMILES string of the molecule is Cc1cc(N2c3ccccc3Oc3ccccc32)ccc1-c1cc2c3c(c1)Oc1ccc(-c4cccc(N(c5ccccc5)c5ccc(-c6cc7c8c(c6)Oc6ccccc6B8c6ccccc6O7)cc5C)c4)cc1B3c1ccccc1O2. The highest BCUT2D eigenvalue weighted by Crippen LogP contribution is 2.51. The van der Waals surface area contributed by atoms with Gasteiger partial charge in [-0.3, -0.25) is 0 Å². The predicted molar refractivity (Wildman–Crippen MR) is 337 cm³/mol. The summed E-state index contributed by atoms with van der Waals surface area (Å²) in [6, 6.07) is 89.8. The van der Waals surface area contributed by atoms with Crippen molar-refractivity contribution in [3.8, 4) is 90.9 Å². The van der Waals surface area contributed by atoms with Crippen molar-refractivity contribution < 1.29 is 23.7 Å². The van der Waals surface area contributed by atoms with Crippen LogP contribution in [0.1, 0.15) is 11.1 Å². The van der Waals surface area contributed by atoms with Crippen molar-refractivity contribution >= 4 is 80.3 Å². The Kier molecular flexibility index (Phi) is 10.5. The summed E-state index contributed by atoms with van der Waals surface area (Å²) < 4.78 is 33.6. The van der Waals surface area contributed by atoms with Gasteiger partial charge in [-0.1, -0.05) is 133 Å². The minimum Gasteiger partial charge on any atom is -0.458 e. The highest BCUT2D eigenvalue weighted by Gasteiger charge is 2.42. The average Bonchev–Trinajstić information content (AvgIpc) is 1.69. The molecule has 5 aliphatic rings. The Morgan fingerprint density at radius 1 is 0.301 bits per heavy atom. The molecule has 0 atom stereocenters. The van der Waals surface area contributed by atoms with Gasteiger partial charge in [0.2, 0.25) is 0 Å².